The Morgan fingerprint density at radius 1 is 1.61 bits per heavy atom. The number of anilines is 1. The van der Waals surface area contributed by atoms with Gasteiger partial charge in [0.2, 0.25) is 5.91 Å². The van der Waals surface area contributed by atoms with Crippen molar-refractivity contribution in [3.63, 3.8) is 0 Å². The fraction of sp³-hybridized carbons (Fsp3) is 0.667. The van der Waals surface area contributed by atoms with Crippen molar-refractivity contribution in [3.05, 3.63) is 12.3 Å². The van der Waals surface area contributed by atoms with Crippen molar-refractivity contribution in [2.75, 3.05) is 31.6 Å². The summed E-state index contributed by atoms with van der Waals surface area (Å²) in [5, 5.41) is 15.9. The molecule has 0 radical (unpaired) electrons. The number of nitrogens with one attached hydrogen (secondary N) is 1. The number of aromatic nitrogens is 2. The Balaban J connectivity index is 1.82. The molecule has 2 heterocycles. The molecule has 18 heavy (non-hydrogen) atoms. The molecule has 0 atom stereocenters. The molecule has 0 aromatic carbocycles. The summed E-state index contributed by atoms with van der Waals surface area (Å²) in [7, 11) is 0. The number of hydrogen-bond donors (Lipinski definition) is 2. The normalized spacial score (nSPS) is 16.9. The highest BCUT2D eigenvalue weighted by atomic mass is 16.3. The van der Waals surface area contributed by atoms with Crippen molar-refractivity contribution < 1.29 is 9.90 Å². The Bertz CT molecular complexity index is 410. The minimum atomic E-state index is -0.0335. The van der Waals surface area contributed by atoms with Gasteiger partial charge in [0.1, 0.15) is 5.82 Å². The van der Waals surface area contributed by atoms with E-state index in [9.17, 15) is 4.79 Å². The van der Waals surface area contributed by atoms with E-state index in [4.69, 9.17) is 5.11 Å². The van der Waals surface area contributed by atoms with Crippen molar-refractivity contribution in [3.8, 4) is 0 Å². The van der Waals surface area contributed by atoms with Crippen molar-refractivity contribution in [2.24, 2.45) is 5.92 Å². The van der Waals surface area contributed by atoms with Gasteiger partial charge in [0, 0.05) is 37.7 Å². The third-order valence-corrected chi connectivity index (χ3v) is 3.09. The lowest BCUT2D eigenvalue weighted by Crippen LogP contribution is -2.51. The second kappa shape index (κ2) is 5.49. The van der Waals surface area contributed by atoms with Gasteiger partial charge in [-0.05, 0) is 13.8 Å². The maximum atomic E-state index is 11.8. The zero-order valence-corrected chi connectivity index (χ0v) is 10.8. The number of hydrogen-bond acceptors (Lipinski definition) is 4. The van der Waals surface area contributed by atoms with Gasteiger partial charge >= 0.3 is 0 Å². The summed E-state index contributed by atoms with van der Waals surface area (Å²) in [4.78, 5) is 13.8. The Hall–Kier alpha value is -1.40. The highest BCUT2D eigenvalue weighted by Gasteiger charge is 2.27. The summed E-state index contributed by atoms with van der Waals surface area (Å²) in [5.74, 6) is 1.03. The van der Waals surface area contributed by atoms with Crippen LogP contribution >= 0.6 is 0 Å². The molecule has 1 fully saturated rings. The fourth-order valence-electron chi connectivity index (χ4n) is 2.13. The van der Waals surface area contributed by atoms with E-state index >= 15 is 0 Å². The average Bonchev–Trinajstić information content (AvgIpc) is 2.70. The van der Waals surface area contributed by atoms with Gasteiger partial charge in [-0.2, -0.15) is 5.10 Å². The summed E-state index contributed by atoms with van der Waals surface area (Å²) in [6, 6.07) is 2.02. The summed E-state index contributed by atoms with van der Waals surface area (Å²) in [5.41, 5.74) is 0. The van der Waals surface area contributed by atoms with Crippen molar-refractivity contribution in [1.29, 1.82) is 0 Å². The molecule has 1 saturated heterocycles. The maximum absolute atomic E-state index is 11.8. The van der Waals surface area contributed by atoms with Gasteiger partial charge in [0.25, 0.3) is 0 Å². The first-order valence-electron chi connectivity index (χ1n) is 6.26. The molecule has 100 valence electrons. The van der Waals surface area contributed by atoms with Crippen LogP contribution in [0.15, 0.2) is 12.3 Å². The zero-order chi connectivity index (χ0) is 13.1. The largest absolute Gasteiger partial charge is 0.396 e. The number of amides is 1. The fourth-order valence-corrected chi connectivity index (χ4v) is 2.13. The third kappa shape index (κ3) is 2.88. The number of carbonyl (C=O) groups is 1. The van der Waals surface area contributed by atoms with Crippen LogP contribution in [0, 0.1) is 5.92 Å². The lowest BCUT2D eigenvalue weighted by atomic mass is 10.0. The quantitative estimate of drug-likeness (QED) is 0.792. The standard InChI is InChI=1S/C12H20N4O2/c1-9(2)16-11(3-4-13-16)14-12(18)7-15-5-10(6-15)8-17/h3-4,9-10,17H,5-8H2,1-2H3,(H,14,18). The molecule has 2 N–H and O–H groups in total. The van der Waals surface area contributed by atoms with Crippen molar-refractivity contribution in [1.82, 2.24) is 14.7 Å². The van der Waals surface area contributed by atoms with E-state index in [0.29, 0.717) is 12.5 Å². The molecule has 1 amide bonds. The van der Waals surface area contributed by atoms with Gasteiger partial charge in [0.15, 0.2) is 0 Å². The Kier molecular flexibility index (Phi) is 3.98. The maximum Gasteiger partial charge on any atom is 0.239 e. The predicted molar refractivity (Wildman–Crippen MR) is 68.3 cm³/mol. The molecule has 1 aliphatic rings. The molecule has 6 heteroatoms. The highest BCUT2D eigenvalue weighted by Crippen LogP contribution is 2.15. The number of rotatable bonds is 5. The van der Waals surface area contributed by atoms with Gasteiger partial charge in [-0.25, -0.2) is 4.68 Å². The van der Waals surface area contributed by atoms with E-state index in [-0.39, 0.29) is 18.6 Å². The molecule has 1 aromatic rings. The van der Waals surface area contributed by atoms with Crippen LogP contribution in [-0.4, -0.2) is 51.9 Å². The molecule has 0 bridgehead atoms. The number of carbonyl (C=O) groups excluding carboxylic acids is 1. The van der Waals surface area contributed by atoms with Gasteiger partial charge < -0.3 is 10.4 Å². The smallest absolute Gasteiger partial charge is 0.239 e. The monoisotopic (exact) mass is 252 g/mol. The Morgan fingerprint density at radius 3 is 2.94 bits per heavy atom. The molecule has 1 aromatic heterocycles. The molecule has 2 rings (SSSR count). The van der Waals surface area contributed by atoms with Crippen LogP contribution < -0.4 is 5.32 Å². The molecular weight excluding hydrogens is 232 g/mol. The first-order valence-corrected chi connectivity index (χ1v) is 6.26. The van der Waals surface area contributed by atoms with Gasteiger partial charge in [-0.3, -0.25) is 9.69 Å². The van der Waals surface area contributed by atoms with Crippen LogP contribution in [0.3, 0.4) is 0 Å². The number of likely N-dealkylation sites (tertiary alicyclic amines) is 1. The van der Waals surface area contributed by atoms with Gasteiger partial charge in [-0.15, -0.1) is 0 Å². The van der Waals surface area contributed by atoms with Crippen LogP contribution in [0.5, 0.6) is 0 Å². The summed E-state index contributed by atoms with van der Waals surface area (Å²) in [6.45, 7) is 6.21. The minimum Gasteiger partial charge on any atom is -0.396 e. The zero-order valence-electron chi connectivity index (χ0n) is 10.8. The first kappa shape index (κ1) is 13.0. The van der Waals surface area contributed by atoms with Gasteiger partial charge in [-0.1, -0.05) is 0 Å². The van der Waals surface area contributed by atoms with Crippen LogP contribution in [0.2, 0.25) is 0 Å². The van der Waals surface area contributed by atoms with E-state index in [1.54, 1.807) is 16.9 Å². The SMILES string of the molecule is CC(C)n1nccc1NC(=O)CN1CC(CO)C1. The predicted octanol–water partition coefficient (Wildman–Crippen LogP) is 0.327. The van der Waals surface area contributed by atoms with Gasteiger partial charge in [0.05, 0.1) is 12.7 Å². The Morgan fingerprint density at radius 2 is 2.33 bits per heavy atom. The van der Waals surface area contributed by atoms with E-state index in [0.717, 1.165) is 18.9 Å². The van der Waals surface area contributed by atoms with E-state index in [1.165, 1.54) is 0 Å². The molecule has 1 aliphatic heterocycles. The van der Waals surface area contributed by atoms with Crippen LogP contribution in [0.1, 0.15) is 19.9 Å². The molecule has 0 spiro atoms. The summed E-state index contributed by atoms with van der Waals surface area (Å²) < 4.78 is 1.78. The highest BCUT2D eigenvalue weighted by molar-refractivity contribution is 5.91. The first-order chi connectivity index (χ1) is 8.60. The number of nitrogens with zero attached hydrogens (tertiary/aromatic N) is 3. The second-order valence-corrected chi connectivity index (χ2v) is 5.05. The van der Waals surface area contributed by atoms with E-state index in [1.807, 2.05) is 18.7 Å². The molecule has 0 unspecified atom stereocenters. The van der Waals surface area contributed by atoms with Crippen LogP contribution in [0.4, 0.5) is 5.82 Å². The van der Waals surface area contributed by atoms with Crippen LogP contribution in [-0.2, 0) is 4.79 Å². The summed E-state index contributed by atoms with van der Waals surface area (Å²) in [6.07, 6.45) is 1.68. The molecular formula is C12H20N4O2. The number of aliphatic hydroxyl groups excluding tert-OH is 1. The Labute approximate surface area is 107 Å². The lowest BCUT2D eigenvalue weighted by Gasteiger charge is -2.37. The van der Waals surface area contributed by atoms with Crippen LogP contribution in [0.25, 0.3) is 0 Å². The number of aliphatic hydroxyl groups is 1. The lowest BCUT2D eigenvalue weighted by molar-refractivity contribution is -0.119. The topological polar surface area (TPSA) is 70.4 Å². The average molecular weight is 252 g/mol. The van der Waals surface area contributed by atoms with E-state index < -0.39 is 0 Å². The minimum absolute atomic E-state index is 0.0335. The van der Waals surface area contributed by atoms with Crippen molar-refractivity contribution in [2.45, 2.75) is 19.9 Å². The molecule has 6 nitrogen and oxygen atoms in total. The second-order valence-electron chi connectivity index (χ2n) is 5.05. The molecule has 0 aliphatic carbocycles. The van der Waals surface area contributed by atoms with E-state index in [2.05, 4.69) is 10.4 Å². The van der Waals surface area contributed by atoms with Crippen molar-refractivity contribution >= 4 is 11.7 Å². The molecule has 0 saturated carbocycles. The third-order valence-electron chi connectivity index (χ3n) is 3.09. The summed E-state index contributed by atoms with van der Waals surface area (Å²) >= 11 is 0.